The maximum absolute atomic E-state index is 14.0. The van der Waals surface area contributed by atoms with Crippen LogP contribution in [0.1, 0.15) is 28.1 Å². The number of nitrogens with one attached hydrogen (secondary N) is 1. The molecule has 138 valence electrons. The van der Waals surface area contributed by atoms with Gasteiger partial charge in [0, 0.05) is 26.7 Å². The van der Waals surface area contributed by atoms with Crippen LogP contribution in [0.25, 0.3) is 10.1 Å². The van der Waals surface area contributed by atoms with Crippen molar-refractivity contribution in [2.45, 2.75) is 18.5 Å². The summed E-state index contributed by atoms with van der Waals surface area (Å²) in [6, 6.07) is 6.40. The van der Waals surface area contributed by atoms with Crippen molar-refractivity contribution in [2.24, 2.45) is 5.41 Å². The number of carbonyl (C=O) groups is 1. The molecule has 11 heteroatoms. The second kappa shape index (κ2) is 6.36. The molecule has 1 aliphatic carbocycles. The highest BCUT2D eigenvalue weighted by Gasteiger charge is 2.53. The Kier molecular flexibility index (Phi) is 4.74. The third-order valence-corrected chi connectivity index (χ3v) is 7.64. The van der Waals surface area contributed by atoms with E-state index in [0.29, 0.717) is 16.0 Å². The van der Waals surface area contributed by atoms with Gasteiger partial charge in [0.15, 0.2) is 0 Å². The Balaban J connectivity index is 1.92. The zero-order valence-corrected chi connectivity index (χ0v) is 16.3. The lowest BCUT2D eigenvalue weighted by atomic mass is 10.1. The smallest absolute Gasteiger partial charge is 0.350 e. The van der Waals surface area contributed by atoms with E-state index < -0.39 is 29.5 Å². The second-order valence-corrected chi connectivity index (χ2v) is 9.61. The Morgan fingerprint density at radius 3 is 2.65 bits per heavy atom. The maximum Gasteiger partial charge on any atom is 0.400 e. The third-order valence-electron chi connectivity index (χ3n) is 4.21. The molecule has 1 aromatic carbocycles. The number of rotatable bonds is 5. The minimum atomic E-state index is -5.69. The van der Waals surface area contributed by atoms with Crippen LogP contribution in [-0.2, 0) is 10.2 Å². The predicted octanol–water partition coefficient (Wildman–Crippen LogP) is 3.92. The van der Waals surface area contributed by atoms with Gasteiger partial charge in [0.05, 0.1) is 11.5 Å². The molecular weight excluding hydrogens is 453 g/mol. The lowest BCUT2D eigenvalue weighted by Crippen LogP contribution is -2.29. The SMILES string of the molecule is N#CC1(CNC(=O)c2ccc3sc(C(F)(F)P(=O)(O)O)c(Br)c3c2)CC1. The van der Waals surface area contributed by atoms with E-state index in [2.05, 4.69) is 27.3 Å². The summed E-state index contributed by atoms with van der Waals surface area (Å²) in [6.07, 6.45) is 1.44. The summed E-state index contributed by atoms with van der Waals surface area (Å²) in [6.45, 7) is 0.215. The van der Waals surface area contributed by atoms with Gasteiger partial charge in [0.25, 0.3) is 5.91 Å². The standard InChI is InChI=1S/C15H12BrF2N2O4PS/c16-11-9-5-8(13(21)20-7-14(6-19)3-4-14)1-2-10(9)26-12(11)15(17,18)25(22,23)24/h1-2,5H,3-4,7H2,(H,20,21)(H2,22,23,24). The van der Waals surface area contributed by atoms with Gasteiger partial charge in [-0.15, -0.1) is 11.3 Å². The highest BCUT2D eigenvalue weighted by molar-refractivity contribution is 9.10. The number of benzene rings is 1. The van der Waals surface area contributed by atoms with Crippen molar-refractivity contribution in [1.82, 2.24) is 5.32 Å². The summed E-state index contributed by atoms with van der Waals surface area (Å²) in [5.41, 5.74) is -4.64. The zero-order valence-electron chi connectivity index (χ0n) is 13.0. The van der Waals surface area contributed by atoms with E-state index in [1.54, 1.807) is 0 Å². The van der Waals surface area contributed by atoms with Crippen LogP contribution in [0.4, 0.5) is 8.78 Å². The van der Waals surface area contributed by atoms with Crippen LogP contribution in [0.5, 0.6) is 0 Å². The first kappa shape index (κ1) is 19.4. The average Bonchev–Trinajstić information content (AvgIpc) is 3.29. The molecule has 1 amide bonds. The van der Waals surface area contributed by atoms with Crippen LogP contribution in [0.2, 0.25) is 0 Å². The average molecular weight is 465 g/mol. The molecule has 1 fully saturated rings. The molecule has 0 bridgehead atoms. The topological polar surface area (TPSA) is 110 Å². The maximum atomic E-state index is 14.0. The van der Waals surface area contributed by atoms with Crippen molar-refractivity contribution in [1.29, 1.82) is 5.26 Å². The van der Waals surface area contributed by atoms with E-state index in [0.717, 1.165) is 12.8 Å². The molecule has 1 heterocycles. The van der Waals surface area contributed by atoms with Crippen LogP contribution >= 0.6 is 34.9 Å². The number of nitrogens with zero attached hydrogens (tertiary/aromatic N) is 1. The first-order chi connectivity index (χ1) is 12.0. The highest BCUT2D eigenvalue weighted by atomic mass is 79.9. The van der Waals surface area contributed by atoms with E-state index in [9.17, 15) is 18.1 Å². The Morgan fingerprint density at radius 1 is 1.46 bits per heavy atom. The lowest BCUT2D eigenvalue weighted by Gasteiger charge is -2.16. The number of hydrogen-bond acceptors (Lipinski definition) is 4. The number of nitriles is 1. The van der Waals surface area contributed by atoms with Crippen LogP contribution in [0, 0.1) is 16.7 Å². The lowest BCUT2D eigenvalue weighted by molar-refractivity contribution is 0.0595. The van der Waals surface area contributed by atoms with E-state index >= 15 is 0 Å². The fourth-order valence-electron chi connectivity index (χ4n) is 2.37. The first-order valence-corrected chi connectivity index (χ1v) is 10.6. The van der Waals surface area contributed by atoms with Crippen LogP contribution in [-0.4, -0.2) is 22.2 Å². The van der Waals surface area contributed by atoms with Crippen LogP contribution in [0.3, 0.4) is 0 Å². The van der Waals surface area contributed by atoms with Gasteiger partial charge < -0.3 is 15.1 Å². The minimum Gasteiger partial charge on any atom is -0.350 e. The van der Waals surface area contributed by atoms with Crippen molar-refractivity contribution in [3.63, 3.8) is 0 Å². The third kappa shape index (κ3) is 3.30. The fraction of sp³-hybridized carbons (Fsp3) is 0.333. The zero-order chi connectivity index (χ0) is 19.3. The Bertz CT molecular complexity index is 993. The summed E-state index contributed by atoms with van der Waals surface area (Å²) in [7, 11) is -5.69. The highest BCUT2D eigenvalue weighted by Crippen LogP contribution is 2.62. The minimum absolute atomic E-state index is 0.156. The monoisotopic (exact) mass is 464 g/mol. The van der Waals surface area contributed by atoms with Crippen molar-refractivity contribution in [3.05, 3.63) is 33.1 Å². The summed E-state index contributed by atoms with van der Waals surface area (Å²) in [5, 5.41) is 11.9. The molecule has 1 saturated carbocycles. The van der Waals surface area contributed by atoms with Crippen molar-refractivity contribution in [3.8, 4) is 6.07 Å². The molecule has 1 aliphatic rings. The van der Waals surface area contributed by atoms with Gasteiger partial charge >= 0.3 is 13.3 Å². The van der Waals surface area contributed by atoms with E-state index in [4.69, 9.17) is 15.0 Å². The molecule has 2 aromatic rings. The van der Waals surface area contributed by atoms with Gasteiger partial charge in [-0.3, -0.25) is 9.36 Å². The van der Waals surface area contributed by atoms with Gasteiger partial charge in [-0.05, 0) is 47.0 Å². The van der Waals surface area contributed by atoms with Gasteiger partial charge in [-0.25, -0.2) is 0 Å². The molecule has 3 rings (SSSR count). The van der Waals surface area contributed by atoms with Gasteiger partial charge in [0.2, 0.25) is 0 Å². The fourth-order valence-corrected chi connectivity index (χ4v) is 5.29. The van der Waals surface area contributed by atoms with E-state index in [-0.39, 0.29) is 22.0 Å². The molecule has 0 unspecified atom stereocenters. The van der Waals surface area contributed by atoms with Crippen LogP contribution in [0.15, 0.2) is 22.7 Å². The molecule has 6 nitrogen and oxygen atoms in total. The Morgan fingerprint density at radius 2 is 2.12 bits per heavy atom. The van der Waals surface area contributed by atoms with E-state index in [1.807, 2.05) is 0 Å². The molecule has 0 spiro atoms. The number of hydrogen-bond donors (Lipinski definition) is 3. The largest absolute Gasteiger partial charge is 0.400 e. The molecule has 26 heavy (non-hydrogen) atoms. The summed E-state index contributed by atoms with van der Waals surface area (Å²) >= 11 is 3.51. The quantitative estimate of drug-likeness (QED) is 0.580. The first-order valence-electron chi connectivity index (χ1n) is 7.36. The Hall–Kier alpha value is -1.37. The molecule has 1 aromatic heterocycles. The van der Waals surface area contributed by atoms with Gasteiger partial charge in [0.1, 0.15) is 4.88 Å². The van der Waals surface area contributed by atoms with Crippen LogP contribution < -0.4 is 5.32 Å². The van der Waals surface area contributed by atoms with Crippen molar-refractivity contribution >= 4 is 50.9 Å². The van der Waals surface area contributed by atoms with Gasteiger partial charge in [-0.2, -0.15) is 14.0 Å². The number of amides is 1. The molecular formula is C15H12BrF2N2O4PS. The van der Waals surface area contributed by atoms with Crippen molar-refractivity contribution < 1.29 is 27.9 Å². The summed E-state index contributed by atoms with van der Waals surface area (Å²) < 4.78 is 39.4. The number of halogens is 3. The number of fused-ring (bicyclic) bond motifs is 1. The molecule has 3 N–H and O–H groups in total. The van der Waals surface area contributed by atoms with Crippen molar-refractivity contribution in [2.75, 3.05) is 6.54 Å². The molecule has 0 atom stereocenters. The molecule has 0 radical (unpaired) electrons. The normalized spacial score (nSPS) is 16.3. The second-order valence-electron chi connectivity index (χ2n) is 6.12. The molecule has 0 aliphatic heterocycles. The number of thiophene rings is 1. The Labute approximate surface area is 159 Å². The molecule has 0 saturated heterocycles. The summed E-state index contributed by atoms with van der Waals surface area (Å²) in [4.78, 5) is 29.3. The predicted molar refractivity (Wildman–Crippen MR) is 95.1 cm³/mol. The number of alkyl halides is 2. The summed E-state index contributed by atoms with van der Waals surface area (Å²) in [5.74, 6) is -0.449. The van der Waals surface area contributed by atoms with E-state index in [1.165, 1.54) is 18.2 Å². The number of carbonyl (C=O) groups excluding carboxylic acids is 1. The van der Waals surface area contributed by atoms with Gasteiger partial charge in [-0.1, -0.05) is 0 Å².